The van der Waals surface area contributed by atoms with Gasteiger partial charge in [0.2, 0.25) is 11.1 Å². The number of aromatic amines is 1. The number of halogens is 1. The van der Waals surface area contributed by atoms with E-state index in [1.807, 2.05) is 13.0 Å². The summed E-state index contributed by atoms with van der Waals surface area (Å²) in [5, 5.41) is 7.58. The normalized spacial score (nSPS) is 16.1. The number of hydrogen-bond donors (Lipinski definition) is 1. The third-order valence-electron chi connectivity index (χ3n) is 4.54. The number of nitrogens with one attached hydrogen (secondary N) is 1. The molecule has 1 amide bonds. The molecular formula is C18H23FN4OS. The monoisotopic (exact) mass is 362 g/mol. The van der Waals surface area contributed by atoms with Crippen molar-refractivity contribution in [3.63, 3.8) is 0 Å². The summed E-state index contributed by atoms with van der Waals surface area (Å²) in [6.45, 7) is 2.23. The van der Waals surface area contributed by atoms with Crippen molar-refractivity contribution in [3.05, 3.63) is 41.5 Å². The lowest BCUT2D eigenvalue weighted by Crippen LogP contribution is -2.32. The van der Waals surface area contributed by atoms with Crippen molar-refractivity contribution in [1.82, 2.24) is 20.1 Å². The Labute approximate surface area is 151 Å². The van der Waals surface area contributed by atoms with Crippen LogP contribution in [-0.2, 0) is 11.3 Å². The third kappa shape index (κ3) is 4.60. The number of carbonyl (C=O) groups is 1. The second-order valence-electron chi connectivity index (χ2n) is 6.57. The molecule has 1 unspecified atom stereocenters. The van der Waals surface area contributed by atoms with E-state index < -0.39 is 0 Å². The first-order valence-electron chi connectivity index (χ1n) is 8.61. The fourth-order valence-electron chi connectivity index (χ4n) is 3.20. The predicted octanol–water partition coefficient (Wildman–Crippen LogP) is 3.74. The highest BCUT2D eigenvalue weighted by molar-refractivity contribution is 8.00. The molecule has 1 fully saturated rings. The van der Waals surface area contributed by atoms with Gasteiger partial charge in [0.1, 0.15) is 11.6 Å². The zero-order valence-corrected chi connectivity index (χ0v) is 15.4. The molecule has 134 valence electrons. The van der Waals surface area contributed by atoms with Gasteiger partial charge < -0.3 is 4.90 Å². The van der Waals surface area contributed by atoms with Crippen LogP contribution in [0.3, 0.4) is 0 Å². The molecule has 0 radical (unpaired) electrons. The molecule has 1 atom stereocenters. The van der Waals surface area contributed by atoms with Gasteiger partial charge in [0.25, 0.3) is 0 Å². The quantitative estimate of drug-likeness (QED) is 0.795. The molecular weight excluding hydrogens is 339 g/mol. The van der Waals surface area contributed by atoms with E-state index in [4.69, 9.17) is 0 Å². The smallest absolute Gasteiger partial charge is 0.235 e. The lowest BCUT2D eigenvalue weighted by atomic mass is 10.1. The largest absolute Gasteiger partial charge is 0.340 e. The van der Waals surface area contributed by atoms with E-state index in [0.29, 0.717) is 17.6 Å². The first kappa shape index (κ1) is 17.9. The summed E-state index contributed by atoms with van der Waals surface area (Å²) >= 11 is 1.35. The van der Waals surface area contributed by atoms with Crippen molar-refractivity contribution in [1.29, 1.82) is 0 Å². The molecule has 0 aliphatic heterocycles. The average Bonchev–Trinajstić information content (AvgIpc) is 3.25. The molecule has 1 saturated carbocycles. The number of H-pyrrole nitrogens is 1. The summed E-state index contributed by atoms with van der Waals surface area (Å²) in [4.78, 5) is 18.7. The number of nitrogens with zero attached hydrogens (tertiary/aromatic N) is 3. The molecule has 1 heterocycles. The van der Waals surface area contributed by atoms with Gasteiger partial charge in [-0.2, -0.15) is 0 Å². The Balaban J connectivity index is 1.56. The minimum Gasteiger partial charge on any atom is -0.340 e. The molecule has 1 aromatic carbocycles. The van der Waals surface area contributed by atoms with Crippen molar-refractivity contribution >= 4 is 17.7 Å². The maximum absolute atomic E-state index is 13.3. The standard InChI is InChI=1S/C18H23FN4OS/c1-12(17(24)23(2)11-13-6-5-9-15(19)10-13)25-18-20-16(21-22-18)14-7-3-4-8-14/h5-6,9-10,12,14H,3-4,7-8,11H2,1-2H3,(H,20,21,22). The molecule has 0 spiro atoms. The van der Waals surface area contributed by atoms with E-state index in [-0.39, 0.29) is 17.0 Å². The number of hydrogen-bond acceptors (Lipinski definition) is 4. The molecule has 0 bridgehead atoms. The molecule has 25 heavy (non-hydrogen) atoms. The van der Waals surface area contributed by atoms with Crippen LogP contribution in [0, 0.1) is 5.82 Å². The Bertz CT molecular complexity index is 729. The van der Waals surface area contributed by atoms with Gasteiger partial charge in [0.15, 0.2) is 0 Å². The van der Waals surface area contributed by atoms with Crippen molar-refractivity contribution < 1.29 is 9.18 Å². The van der Waals surface area contributed by atoms with E-state index in [2.05, 4.69) is 15.2 Å². The van der Waals surface area contributed by atoms with Crippen molar-refractivity contribution in [2.75, 3.05) is 7.05 Å². The Morgan fingerprint density at radius 1 is 1.44 bits per heavy atom. The number of aromatic nitrogens is 3. The van der Waals surface area contributed by atoms with Gasteiger partial charge in [-0.15, -0.1) is 5.10 Å². The van der Waals surface area contributed by atoms with Crippen LogP contribution in [0.4, 0.5) is 4.39 Å². The molecule has 1 aliphatic rings. The number of thioether (sulfide) groups is 1. The summed E-state index contributed by atoms with van der Waals surface area (Å²) < 4.78 is 13.3. The molecule has 1 aliphatic carbocycles. The second-order valence-corrected chi connectivity index (χ2v) is 7.88. The van der Waals surface area contributed by atoms with Crippen LogP contribution in [0.2, 0.25) is 0 Å². The van der Waals surface area contributed by atoms with Crippen molar-refractivity contribution in [3.8, 4) is 0 Å². The lowest BCUT2D eigenvalue weighted by molar-refractivity contribution is -0.129. The van der Waals surface area contributed by atoms with Gasteiger partial charge in [0.05, 0.1) is 5.25 Å². The summed E-state index contributed by atoms with van der Waals surface area (Å²) in [6, 6.07) is 6.31. The van der Waals surface area contributed by atoms with Crippen molar-refractivity contribution in [2.24, 2.45) is 0 Å². The summed E-state index contributed by atoms with van der Waals surface area (Å²) in [6.07, 6.45) is 4.80. The highest BCUT2D eigenvalue weighted by Crippen LogP contribution is 2.33. The Morgan fingerprint density at radius 3 is 2.92 bits per heavy atom. The van der Waals surface area contributed by atoms with Crippen molar-refractivity contribution in [2.45, 2.75) is 55.5 Å². The molecule has 5 nitrogen and oxygen atoms in total. The minimum atomic E-state index is -0.300. The van der Waals surface area contributed by atoms with Crippen LogP contribution < -0.4 is 0 Å². The molecule has 2 aromatic rings. The van der Waals surface area contributed by atoms with Crippen LogP contribution in [0.5, 0.6) is 0 Å². The Morgan fingerprint density at radius 2 is 2.20 bits per heavy atom. The van der Waals surface area contributed by atoms with E-state index in [1.54, 1.807) is 18.0 Å². The maximum atomic E-state index is 13.3. The molecule has 0 saturated heterocycles. The molecule has 1 N–H and O–H groups in total. The molecule has 7 heteroatoms. The van der Waals surface area contributed by atoms with Crippen LogP contribution >= 0.6 is 11.8 Å². The first-order chi connectivity index (χ1) is 12.0. The predicted molar refractivity (Wildman–Crippen MR) is 95.8 cm³/mol. The SMILES string of the molecule is CC(Sc1n[nH]c(C2CCCC2)n1)C(=O)N(C)Cc1cccc(F)c1. The highest BCUT2D eigenvalue weighted by Gasteiger charge is 2.24. The summed E-state index contributed by atoms with van der Waals surface area (Å²) in [5.41, 5.74) is 0.773. The van der Waals surface area contributed by atoms with Crippen LogP contribution in [0.15, 0.2) is 29.4 Å². The minimum absolute atomic E-state index is 0.0264. The van der Waals surface area contributed by atoms with E-state index in [9.17, 15) is 9.18 Å². The van der Waals surface area contributed by atoms with Gasteiger partial charge in [-0.25, -0.2) is 9.37 Å². The number of carbonyl (C=O) groups excluding carboxylic acids is 1. The highest BCUT2D eigenvalue weighted by atomic mass is 32.2. The second kappa shape index (κ2) is 7.99. The number of rotatable bonds is 6. The van der Waals surface area contributed by atoms with Gasteiger partial charge in [-0.1, -0.05) is 36.7 Å². The summed E-state index contributed by atoms with van der Waals surface area (Å²) in [5.74, 6) is 1.10. The molecule has 3 rings (SSSR count). The average molecular weight is 362 g/mol. The molecule has 1 aromatic heterocycles. The fraction of sp³-hybridized carbons (Fsp3) is 0.500. The first-order valence-corrected chi connectivity index (χ1v) is 9.49. The van der Waals surface area contributed by atoms with E-state index in [1.165, 1.54) is 36.7 Å². The van der Waals surface area contributed by atoms with Crippen LogP contribution in [0.25, 0.3) is 0 Å². The zero-order valence-electron chi connectivity index (χ0n) is 14.5. The zero-order chi connectivity index (χ0) is 17.8. The lowest BCUT2D eigenvalue weighted by Gasteiger charge is -2.20. The fourth-order valence-corrected chi connectivity index (χ4v) is 4.05. The third-order valence-corrected chi connectivity index (χ3v) is 5.49. The Hall–Kier alpha value is -1.89. The van der Waals surface area contributed by atoms with Gasteiger partial charge >= 0.3 is 0 Å². The van der Waals surface area contributed by atoms with Gasteiger partial charge in [-0.3, -0.25) is 9.89 Å². The summed E-state index contributed by atoms with van der Waals surface area (Å²) in [7, 11) is 1.73. The van der Waals surface area contributed by atoms with E-state index in [0.717, 1.165) is 24.2 Å². The van der Waals surface area contributed by atoms with Gasteiger partial charge in [0, 0.05) is 19.5 Å². The Kier molecular flexibility index (Phi) is 5.73. The number of amides is 1. The van der Waals surface area contributed by atoms with Crippen LogP contribution in [0.1, 0.15) is 49.9 Å². The topological polar surface area (TPSA) is 61.9 Å². The van der Waals surface area contributed by atoms with Gasteiger partial charge in [-0.05, 0) is 37.5 Å². The number of benzene rings is 1. The maximum Gasteiger partial charge on any atom is 0.235 e. The van der Waals surface area contributed by atoms with Crippen LogP contribution in [-0.4, -0.2) is 38.3 Å². The van der Waals surface area contributed by atoms with E-state index >= 15 is 0 Å².